The van der Waals surface area contributed by atoms with Crippen LogP contribution < -0.4 is 20.7 Å². The monoisotopic (exact) mass is 512 g/mol. The number of halogens is 1. The summed E-state index contributed by atoms with van der Waals surface area (Å²) in [5, 5.41) is 12.0. The molecule has 3 amide bonds. The zero-order valence-corrected chi connectivity index (χ0v) is 21.3. The Balaban J connectivity index is 1.20. The fourth-order valence-electron chi connectivity index (χ4n) is 4.20. The third kappa shape index (κ3) is 7.44. The number of carbonyl (C=O) groups excluding carboxylic acids is 2. The van der Waals surface area contributed by atoms with Crippen LogP contribution in [0.2, 0.25) is 5.02 Å². The molecule has 4 rings (SSSR count). The molecule has 1 fully saturated rings. The molecule has 35 heavy (non-hydrogen) atoms. The van der Waals surface area contributed by atoms with Crippen molar-refractivity contribution in [1.29, 1.82) is 0 Å². The Morgan fingerprint density at radius 3 is 2.40 bits per heavy atom. The van der Waals surface area contributed by atoms with Crippen molar-refractivity contribution in [3.05, 3.63) is 74.7 Å². The van der Waals surface area contributed by atoms with Gasteiger partial charge >= 0.3 is 6.03 Å². The molecule has 1 aliphatic rings. The van der Waals surface area contributed by atoms with Gasteiger partial charge in [-0.15, -0.1) is 11.3 Å². The maximum absolute atomic E-state index is 12.7. The van der Waals surface area contributed by atoms with Crippen LogP contribution in [0.4, 0.5) is 10.5 Å². The molecule has 0 spiro atoms. The summed E-state index contributed by atoms with van der Waals surface area (Å²) in [6.45, 7) is 4.39. The Kier molecular flexibility index (Phi) is 8.25. The molecule has 2 aromatic carbocycles. The van der Waals surface area contributed by atoms with E-state index in [4.69, 9.17) is 16.3 Å². The predicted molar refractivity (Wildman–Crippen MR) is 139 cm³/mol. The van der Waals surface area contributed by atoms with E-state index in [9.17, 15) is 9.59 Å². The van der Waals surface area contributed by atoms with Crippen LogP contribution in [0.25, 0.3) is 0 Å². The van der Waals surface area contributed by atoms with E-state index in [-0.39, 0.29) is 24.0 Å². The maximum atomic E-state index is 12.7. The van der Waals surface area contributed by atoms with Crippen LogP contribution in [0.5, 0.6) is 5.75 Å². The van der Waals surface area contributed by atoms with Gasteiger partial charge in [0.15, 0.2) is 0 Å². The minimum atomic E-state index is -0.252. The van der Waals surface area contributed by atoms with Gasteiger partial charge in [0.05, 0.1) is 0 Å². The molecule has 184 valence electrons. The minimum absolute atomic E-state index is 0.0632. The third-order valence-corrected chi connectivity index (χ3v) is 6.88. The topological polar surface area (TPSA) is 92.3 Å². The van der Waals surface area contributed by atoms with Gasteiger partial charge in [0, 0.05) is 28.2 Å². The fourth-order valence-corrected chi connectivity index (χ4v) is 5.08. The van der Waals surface area contributed by atoms with Crippen molar-refractivity contribution >= 4 is 40.6 Å². The lowest BCUT2D eigenvalue weighted by molar-refractivity contribution is 0.0919. The van der Waals surface area contributed by atoms with Crippen LogP contribution in [-0.4, -0.2) is 29.0 Å². The first-order valence-electron chi connectivity index (χ1n) is 11.6. The molecular weight excluding hydrogens is 484 g/mol. The smallest absolute Gasteiger partial charge is 0.319 e. The number of carbonyl (C=O) groups is 2. The van der Waals surface area contributed by atoms with Crippen molar-refractivity contribution < 1.29 is 14.3 Å². The molecular formula is C26H29ClN4O3S. The van der Waals surface area contributed by atoms with E-state index in [2.05, 4.69) is 27.0 Å². The van der Waals surface area contributed by atoms with Crippen molar-refractivity contribution in [2.75, 3.05) is 5.32 Å². The number of ether oxygens (including phenoxy) is 1. The van der Waals surface area contributed by atoms with Crippen molar-refractivity contribution in [3.63, 3.8) is 0 Å². The average Bonchev–Trinajstić information content (AvgIpc) is 3.28. The van der Waals surface area contributed by atoms with Crippen molar-refractivity contribution in [3.8, 4) is 5.75 Å². The summed E-state index contributed by atoms with van der Waals surface area (Å²) in [5.74, 6) is 0.629. The first kappa shape index (κ1) is 25.0. The van der Waals surface area contributed by atoms with Gasteiger partial charge in [0.25, 0.3) is 5.91 Å². The molecule has 0 atom stereocenters. The van der Waals surface area contributed by atoms with Gasteiger partial charge in [0.2, 0.25) is 0 Å². The number of hydrogen-bond donors (Lipinski definition) is 3. The predicted octanol–water partition coefficient (Wildman–Crippen LogP) is 5.86. The number of anilines is 1. The maximum Gasteiger partial charge on any atom is 0.319 e. The van der Waals surface area contributed by atoms with E-state index in [1.165, 1.54) is 11.3 Å². The molecule has 0 saturated heterocycles. The molecule has 3 aromatic rings. The van der Waals surface area contributed by atoms with E-state index < -0.39 is 0 Å². The number of thiazole rings is 1. The summed E-state index contributed by atoms with van der Waals surface area (Å²) >= 11 is 7.38. The first-order chi connectivity index (χ1) is 16.8. The number of amides is 3. The highest BCUT2D eigenvalue weighted by Gasteiger charge is 2.24. The van der Waals surface area contributed by atoms with E-state index in [1.807, 2.05) is 26.0 Å². The summed E-state index contributed by atoms with van der Waals surface area (Å²) in [7, 11) is 0. The standard InChI is InChI=1S/C26H29ClN4O3S/c1-16-10-17(2)12-22(11-16)34-14-24-31-23(15-35-24)25(32)28-19-6-8-20(9-7-19)29-26(33)30-21-5-3-4-18(27)13-21/h3-5,10-13,15,19-20H,6-9,14H2,1-2H3,(H,28,32)(H2,29,30,33). The van der Waals surface area contributed by atoms with Crippen molar-refractivity contribution in [2.45, 2.75) is 58.2 Å². The van der Waals surface area contributed by atoms with Crippen molar-refractivity contribution in [2.24, 2.45) is 0 Å². The van der Waals surface area contributed by atoms with Crippen LogP contribution in [-0.2, 0) is 6.61 Å². The Morgan fingerprint density at radius 2 is 1.71 bits per heavy atom. The lowest BCUT2D eigenvalue weighted by Crippen LogP contribution is -2.45. The molecule has 0 aliphatic heterocycles. The second-order valence-electron chi connectivity index (χ2n) is 8.87. The number of urea groups is 1. The summed E-state index contributed by atoms with van der Waals surface area (Å²) in [6, 6.07) is 13.0. The number of nitrogens with one attached hydrogen (secondary N) is 3. The average molecular weight is 513 g/mol. The number of benzene rings is 2. The van der Waals surface area contributed by atoms with Gasteiger partial charge < -0.3 is 20.7 Å². The molecule has 1 saturated carbocycles. The highest BCUT2D eigenvalue weighted by molar-refractivity contribution is 7.09. The van der Waals surface area contributed by atoms with Crippen molar-refractivity contribution in [1.82, 2.24) is 15.6 Å². The Hall–Kier alpha value is -3.10. The van der Waals surface area contributed by atoms with Gasteiger partial charge in [-0.3, -0.25) is 4.79 Å². The molecule has 0 unspecified atom stereocenters. The lowest BCUT2D eigenvalue weighted by Gasteiger charge is -2.29. The van der Waals surface area contributed by atoms with Crippen LogP contribution in [0.1, 0.15) is 52.3 Å². The molecule has 0 radical (unpaired) electrons. The van der Waals surface area contributed by atoms with Gasteiger partial charge in [-0.05, 0) is 81.0 Å². The summed E-state index contributed by atoms with van der Waals surface area (Å²) < 4.78 is 5.85. The molecule has 1 heterocycles. The number of hydrogen-bond acceptors (Lipinski definition) is 5. The summed E-state index contributed by atoms with van der Waals surface area (Å²) in [6.07, 6.45) is 3.17. The zero-order chi connectivity index (χ0) is 24.8. The van der Waals surface area contributed by atoms with Gasteiger partial charge in [-0.1, -0.05) is 23.7 Å². The van der Waals surface area contributed by atoms with Gasteiger partial charge in [-0.2, -0.15) is 0 Å². The number of aryl methyl sites for hydroxylation is 2. The first-order valence-corrected chi connectivity index (χ1v) is 12.9. The Morgan fingerprint density at radius 1 is 1.03 bits per heavy atom. The molecule has 1 aromatic heterocycles. The highest BCUT2D eigenvalue weighted by Crippen LogP contribution is 2.22. The normalized spacial score (nSPS) is 17.5. The zero-order valence-electron chi connectivity index (χ0n) is 19.8. The van der Waals surface area contributed by atoms with Gasteiger partial charge in [0.1, 0.15) is 23.1 Å². The van der Waals surface area contributed by atoms with E-state index >= 15 is 0 Å². The molecule has 9 heteroatoms. The van der Waals surface area contributed by atoms with Crippen LogP contribution in [0, 0.1) is 13.8 Å². The second-order valence-corrected chi connectivity index (χ2v) is 10.2. The lowest BCUT2D eigenvalue weighted by atomic mass is 9.91. The minimum Gasteiger partial charge on any atom is -0.486 e. The number of rotatable bonds is 7. The van der Waals surface area contributed by atoms with E-state index in [0.717, 1.165) is 47.6 Å². The van der Waals surface area contributed by atoms with E-state index in [1.54, 1.807) is 29.6 Å². The van der Waals surface area contributed by atoms with Gasteiger partial charge in [-0.25, -0.2) is 9.78 Å². The highest BCUT2D eigenvalue weighted by atomic mass is 35.5. The Bertz CT molecular complexity index is 1170. The summed E-state index contributed by atoms with van der Waals surface area (Å²) in [5.41, 5.74) is 3.35. The Labute approximate surface area is 214 Å². The molecule has 7 nitrogen and oxygen atoms in total. The number of aromatic nitrogens is 1. The van der Waals surface area contributed by atoms with Crippen LogP contribution in [0.15, 0.2) is 47.8 Å². The van der Waals surface area contributed by atoms with Crippen LogP contribution in [0.3, 0.4) is 0 Å². The number of nitrogens with zero attached hydrogens (tertiary/aromatic N) is 1. The quantitative estimate of drug-likeness (QED) is 0.370. The molecule has 3 N–H and O–H groups in total. The molecule has 0 bridgehead atoms. The molecule has 1 aliphatic carbocycles. The third-order valence-electron chi connectivity index (χ3n) is 5.82. The second kappa shape index (κ2) is 11.6. The SMILES string of the molecule is Cc1cc(C)cc(OCc2nc(C(=O)NC3CCC(NC(=O)Nc4cccc(Cl)c4)CC3)cs2)c1. The summed E-state index contributed by atoms with van der Waals surface area (Å²) in [4.78, 5) is 29.4. The fraction of sp³-hybridized carbons (Fsp3) is 0.346. The largest absolute Gasteiger partial charge is 0.486 e. The van der Waals surface area contributed by atoms with E-state index in [0.29, 0.717) is 23.0 Å². The van der Waals surface area contributed by atoms with Crippen LogP contribution >= 0.6 is 22.9 Å².